The van der Waals surface area contributed by atoms with E-state index in [0.717, 1.165) is 52.2 Å². The second-order valence-corrected chi connectivity index (χ2v) is 11.4. The highest BCUT2D eigenvalue weighted by molar-refractivity contribution is 7.91. The zero-order chi connectivity index (χ0) is 20.2. The van der Waals surface area contributed by atoms with Crippen LogP contribution >= 0.6 is 0 Å². The van der Waals surface area contributed by atoms with Crippen LogP contribution in [0.3, 0.4) is 0 Å². The Morgan fingerprint density at radius 2 is 1.31 bits per heavy atom. The molecule has 0 bridgehead atoms. The fraction of sp³-hybridized carbons (Fsp3) is 1.00. The highest BCUT2D eigenvalue weighted by atomic mass is 32.2. The van der Waals surface area contributed by atoms with Crippen LogP contribution in [0.4, 0.5) is 0 Å². The molecule has 4 aliphatic heterocycles. The highest BCUT2D eigenvalue weighted by Gasteiger charge is 2.51. The Labute approximate surface area is 176 Å². The Hall–Kier alpha value is -0.290. The van der Waals surface area contributed by atoms with Crippen LogP contribution in [0.1, 0.15) is 51.4 Å². The molecule has 0 aliphatic carbocycles. The number of hydrogen-bond acceptors (Lipinski definition) is 8. The fourth-order valence-electron chi connectivity index (χ4n) is 5.50. The summed E-state index contributed by atoms with van der Waals surface area (Å²) in [4.78, 5) is 5.17. The molecule has 1 atom stereocenters. The minimum absolute atomic E-state index is 0.282. The number of nitrogens with zero attached hydrogens (tertiary/aromatic N) is 4. The van der Waals surface area contributed by atoms with Gasteiger partial charge in [0.1, 0.15) is 0 Å². The van der Waals surface area contributed by atoms with Crippen LogP contribution in [-0.4, -0.2) is 105 Å². The van der Waals surface area contributed by atoms with Crippen molar-refractivity contribution >= 4 is 9.84 Å². The average molecular weight is 429 g/mol. The summed E-state index contributed by atoms with van der Waals surface area (Å²) in [5, 5.41) is 8.71. The van der Waals surface area contributed by atoms with Gasteiger partial charge in [0.2, 0.25) is 0 Å². The first kappa shape index (κ1) is 21.9. The lowest BCUT2D eigenvalue weighted by Crippen LogP contribution is -2.78. The van der Waals surface area contributed by atoms with Crippen molar-refractivity contribution in [3.63, 3.8) is 0 Å². The average Bonchev–Trinajstić information content (AvgIpc) is 3.21. The van der Waals surface area contributed by atoms with Gasteiger partial charge < -0.3 is 5.32 Å². The SMILES string of the molecule is O=S1(=O)CCN(C2(N3CCCCCC3)CNCCCN2N2CCCCCN2)CC1. The number of rotatable bonds is 3. The molecule has 168 valence electrons. The van der Waals surface area contributed by atoms with E-state index >= 15 is 0 Å². The predicted octanol–water partition coefficient (Wildman–Crippen LogP) is 0.447. The van der Waals surface area contributed by atoms with Crippen molar-refractivity contribution < 1.29 is 8.42 Å². The zero-order valence-corrected chi connectivity index (χ0v) is 18.8. The van der Waals surface area contributed by atoms with Gasteiger partial charge in [-0.3, -0.25) is 9.80 Å². The molecule has 4 aliphatic rings. The van der Waals surface area contributed by atoms with Crippen molar-refractivity contribution in [2.24, 2.45) is 0 Å². The minimum atomic E-state index is -2.90. The van der Waals surface area contributed by atoms with E-state index in [1.807, 2.05) is 0 Å². The van der Waals surface area contributed by atoms with Gasteiger partial charge >= 0.3 is 0 Å². The van der Waals surface area contributed by atoms with Crippen molar-refractivity contribution in [2.75, 3.05) is 70.4 Å². The van der Waals surface area contributed by atoms with E-state index < -0.39 is 9.84 Å². The molecule has 0 aromatic carbocycles. The molecule has 0 amide bonds. The summed E-state index contributed by atoms with van der Waals surface area (Å²) in [5.41, 5.74) is 3.70. The summed E-state index contributed by atoms with van der Waals surface area (Å²) in [5.74, 6) is 0.280. The van der Waals surface area contributed by atoms with E-state index in [4.69, 9.17) is 0 Å². The maximum atomic E-state index is 12.2. The highest BCUT2D eigenvalue weighted by Crippen LogP contribution is 2.32. The quantitative estimate of drug-likeness (QED) is 0.671. The summed E-state index contributed by atoms with van der Waals surface area (Å²) in [6.07, 6.45) is 9.88. The van der Waals surface area contributed by atoms with E-state index in [0.29, 0.717) is 13.1 Å². The van der Waals surface area contributed by atoms with Gasteiger partial charge in [-0.25, -0.2) is 13.8 Å². The lowest BCUT2D eigenvalue weighted by Gasteiger charge is -2.58. The maximum absolute atomic E-state index is 12.2. The van der Waals surface area contributed by atoms with Crippen molar-refractivity contribution in [1.29, 1.82) is 0 Å². The molecular formula is C20H40N6O2S. The molecule has 4 rings (SSSR count). The van der Waals surface area contributed by atoms with Gasteiger partial charge in [-0.2, -0.15) is 10.1 Å². The van der Waals surface area contributed by atoms with Gasteiger partial charge in [-0.15, -0.1) is 0 Å². The topological polar surface area (TPSA) is 71.2 Å². The van der Waals surface area contributed by atoms with Gasteiger partial charge in [0.05, 0.1) is 11.5 Å². The third-order valence-corrected chi connectivity index (χ3v) is 8.70. The monoisotopic (exact) mass is 428 g/mol. The number of likely N-dealkylation sites (tertiary alicyclic amines) is 1. The lowest BCUT2D eigenvalue weighted by molar-refractivity contribution is -0.256. The molecule has 4 saturated heterocycles. The first-order chi connectivity index (χ1) is 14.1. The van der Waals surface area contributed by atoms with Crippen molar-refractivity contribution in [1.82, 2.24) is 30.7 Å². The molecule has 0 spiro atoms. The largest absolute Gasteiger partial charge is 0.312 e. The Morgan fingerprint density at radius 1 is 0.655 bits per heavy atom. The lowest BCUT2D eigenvalue weighted by atomic mass is 10.1. The predicted molar refractivity (Wildman–Crippen MR) is 116 cm³/mol. The maximum Gasteiger partial charge on any atom is 0.158 e. The van der Waals surface area contributed by atoms with Crippen LogP contribution in [-0.2, 0) is 9.84 Å². The molecule has 8 nitrogen and oxygen atoms in total. The molecule has 2 N–H and O–H groups in total. The molecule has 9 heteroatoms. The van der Waals surface area contributed by atoms with E-state index in [2.05, 4.69) is 30.7 Å². The van der Waals surface area contributed by atoms with Crippen LogP contribution in [0.2, 0.25) is 0 Å². The van der Waals surface area contributed by atoms with Crippen LogP contribution < -0.4 is 10.7 Å². The molecular weight excluding hydrogens is 388 g/mol. The summed E-state index contributed by atoms with van der Waals surface area (Å²) >= 11 is 0. The molecule has 29 heavy (non-hydrogen) atoms. The number of hydrogen-bond donors (Lipinski definition) is 2. The van der Waals surface area contributed by atoms with Crippen LogP contribution in [0.5, 0.6) is 0 Å². The van der Waals surface area contributed by atoms with Gasteiger partial charge in [-0.1, -0.05) is 19.3 Å². The molecule has 1 unspecified atom stereocenters. The first-order valence-electron chi connectivity index (χ1n) is 11.8. The van der Waals surface area contributed by atoms with Crippen LogP contribution in [0.25, 0.3) is 0 Å². The van der Waals surface area contributed by atoms with Gasteiger partial charge in [0, 0.05) is 52.4 Å². The van der Waals surface area contributed by atoms with E-state index in [1.54, 1.807) is 0 Å². The second-order valence-electron chi connectivity index (χ2n) is 9.06. The summed E-state index contributed by atoms with van der Waals surface area (Å²) in [6.45, 7) is 8.38. The molecule has 4 fully saturated rings. The van der Waals surface area contributed by atoms with E-state index in [1.165, 1.54) is 44.9 Å². The third-order valence-electron chi connectivity index (χ3n) is 7.09. The Balaban J connectivity index is 1.70. The Bertz CT molecular complexity index is 602. The third kappa shape index (κ3) is 4.97. The van der Waals surface area contributed by atoms with Crippen molar-refractivity contribution in [2.45, 2.75) is 57.2 Å². The number of hydrazine groups is 2. The van der Waals surface area contributed by atoms with E-state index in [-0.39, 0.29) is 17.3 Å². The summed E-state index contributed by atoms with van der Waals surface area (Å²) in [6, 6.07) is 0. The standard InChI is InChI=1S/C20H40N6O2S/c27-29(28)17-15-24(16-18-29)20(23-11-5-1-2-6-12-23)19-21-9-8-13-25(20)26-14-7-3-4-10-22-26/h21-22H,1-19H2. The molecule has 0 aromatic rings. The van der Waals surface area contributed by atoms with Crippen LogP contribution in [0.15, 0.2) is 0 Å². The van der Waals surface area contributed by atoms with Gasteiger partial charge in [-0.05, 0) is 38.6 Å². The minimum Gasteiger partial charge on any atom is -0.312 e. The van der Waals surface area contributed by atoms with Crippen molar-refractivity contribution in [3.8, 4) is 0 Å². The van der Waals surface area contributed by atoms with E-state index in [9.17, 15) is 8.42 Å². The summed E-state index contributed by atoms with van der Waals surface area (Å²) < 4.78 is 24.4. The van der Waals surface area contributed by atoms with Gasteiger partial charge in [0.15, 0.2) is 15.6 Å². The molecule has 0 saturated carbocycles. The Morgan fingerprint density at radius 3 is 2.07 bits per heavy atom. The van der Waals surface area contributed by atoms with Crippen molar-refractivity contribution in [3.05, 3.63) is 0 Å². The number of sulfone groups is 1. The molecule has 4 heterocycles. The number of nitrogens with one attached hydrogen (secondary N) is 2. The summed E-state index contributed by atoms with van der Waals surface area (Å²) in [7, 11) is -2.90. The second kappa shape index (κ2) is 9.89. The fourth-order valence-corrected chi connectivity index (χ4v) is 6.70. The smallest absolute Gasteiger partial charge is 0.158 e. The van der Waals surface area contributed by atoms with Gasteiger partial charge in [0.25, 0.3) is 0 Å². The Kier molecular flexibility index (Phi) is 7.48. The zero-order valence-electron chi connectivity index (χ0n) is 17.9. The van der Waals surface area contributed by atoms with Crippen LogP contribution in [0, 0.1) is 0 Å². The molecule has 0 aromatic heterocycles. The normalized spacial score (nSPS) is 34.9. The first-order valence-corrected chi connectivity index (χ1v) is 13.6. The molecule has 0 radical (unpaired) electrons.